The van der Waals surface area contributed by atoms with Crippen LogP contribution in [0.25, 0.3) is 11.0 Å². The quantitative estimate of drug-likeness (QED) is 0.716. The van der Waals surface area contributed by atoms with Crippen LogP contribution < -0.4 is 19.5 Å². The van der Waals surface area contributed by atoms with Crippen LogP contribution in [-0.4, -0.2) is 42.0 Å². The van der Waals surface area contributed by atoms with Gasteiger partial charge in [-0.05, 0) is 19.9 Å². The number of carbonyl (C=O) groups is 1. The van der Waals surface area contributed by atoms with Gasteiger partial charge in [0, 0.05) is 35.4 Å². The highest BCUT2D eigenvalue weighted by molar-refractivity contribution is 6.05. The molecule has 1 amide bonds. The summed E-state index contributed by atoms with van der Waals surface area (Å²) in [5, 5.41) is 7.96. The van der Waals surface area contributed by atoms with E-state index >= 15 is 0 Å². The van der Waals surface area contributed by atoms with Gasteiger partial charge in [-0.2, -0.15) is 5.10 Å². The van der Waals surface area contributed by atoms with Gasteiger partial charge in [0.05, 0.1) is 33.1 Å². The van der Waals surface area contributed by atoms with Crippen molar-refractivity contribution in [1.82, 2.24) is 14.8 Å². The van der Waals surface area contributed by atoms with Gasteiger partial charge in [-0.1, -0.05) is 0 Å². The fraction of sp³-hybridized carbons (Fsp3) is 0.316. The lowest BCUT2D eigenvalue weighted by Crippen LogP contribution is -2.13. The Hall–Kier alpha value is -3.29. The van der Waals surface area contributed by atoms with Gasteiger partial charge in [0.2, 0.25) is 5.75 Å². The molecule has 0 atom stereocenters. The number of anilines is 1. The van der Waals surface area contributed by atoms with Crippen LogP contribution in [0.1, 0.15) is 30.2 Å². The van der Waals surface area contributed by atoms with Crippen molar-refractivity contribution in [3.8, 4) is 17.2 Å². The first kappa shape index (κ1) is 18.5. The van der Waals surface area contributed by atoms with Crippen molar-refractivity contribution in [2.75, 3.05) is 26.6 Å². The van der Waals surface area contributed by atoms with Crippen molar-refractivity contribution in [1.29, 1.82) is 0 Å². The first-order valence-electron chi connectivity index (χ1n) is 8.43. The van der Waals surface area contributed by atoms with Crippen molar-refractivity contribution in [3.63, 3.8) is 0 Å². The zero-order chi connectivity index (χ0) is 19.6. The second-order valence-electron chi connectivity index (χ2n) is 6.19. The smallest absolute Gasteiger partial charge is 0.257 e. The summed E-state index contributed by atoms with van der Waals surface area (Å²) in [7, 11) is 4.57. The number of pyridine rings is 1. The predicted octanol–water partition coefficient (Wildman–Crippen LogP) is 3.29. The van der Waals surface area contributed by atoms with Crippen molar-refractivity contribution >= 4 is 22.6 Å². The highest BCUT2D eigenvalue weighted by atomic mass is 16.5. The fourth-order valence-electron chi connectivity index (χ4n) is 2.80. The summed E-state index contributed by atoms with van der Waals surface area (Å²) in [6.45, 7) is 4.05. The molecule has 142 valence electrons. The van der Waals surface area contributed by atoms with E-state index in [1.807, 2.05) is 18.5 Å². The molecule has 0 saturated carbocycles. The molecule has 8 nitrogen and oxygen atoms in total. The lowest BCUT2D eigenvalue weighted by atomic mass is 10.2. The normalized spacial score (nSPS) is 10.9. The van der Waals surface area contributed by atoms with Gasteiger partial charge >= 0.3 is 0 Å². The second kappa shape index (κ2) is 7.53. The maximum atomic E-state index is 12.7. The Balaban J connectivity index is 1.90. The molecule has 0 spiro atoms. The molecule has 27 heavy (non-hydrogen) atoms. The van der Waals surface area contributed by atoms with Gasteiger partial charge in [-0.3, -0.25) is 4.79 Å². The van der Waals surface area contributed by atoms with Gasteiger partial charge in [0.15, 0.2) is 17.1 Å². The van der Waals surface area contributed by atoms with E-state index in [1.165, 1.54) is 27.5 Å². The number of ether oxygens (including phenoxy) is 3. The molecule has 0 aliphatic rings. The summed E-state index contributed by atoms with van der Waals surface area (Å²) in [4.78, 5) is 17.1. The molecule has 2 heterocycles. The number of benzene rings is 1. The Morgan fingerprint density at radius 3 is 2.26 bits per heavy atom. The molecule has 0 aliphatic carbocycles. The van der Waals surface area contributed by atoms with Crippen molar-refractivity contribution in [3.05, 3.63) is 36.2 Å². The third-order valence-corrected chi connectivity index (χ3v) is 4.11. The van der Waals surface area contributed by atoms with E-state index in [0.29, 0.717) is 28.5 Å². The molecule has 0 aliphatic heterocycles. The summed E-state index contributed by atoms with van der Waals surface area (Å²) >= 11 is 0. The fourth-order valence-corrected chi connectivity index (χ4v) is 2.80. The summed E-state index contributed by atoms with van der Waals surface area (Å²) in [5.74, 6) is 1.08. The highest BCUT2D eigenvalue weighted by Crippen LogP contribution is 2.40. The van der Waals surface area contributed by atoms with E-state index in [9.17, 15) is 4.79 Å². The molecule has 0 saturated heterocycles. The van der Waals surface area contributed by atoms with Crippen molar-refractivity contribution < 1.29 is 19.0 Å². The number of fused-ring (bicyclic) bond motifs is 1. The third kappa shape index (κ3) is 3.51. The van der Waals surface area contributed by atoms with E-state index in [0.717, 1.165) is 11.0 Å². The molecular formula is C19H22N4O4. The summed E-state index contributed by atoms with van der Waals surface area (Å²) in [6.07, 6.45) is 3.24. The number of methoxy groups -OCH3 is 3. The number of rotatable bonds is 6. The molecule has 0 fully saturated rings. The summed E-state index contributed by atoms with van der Waals surface area (Å²) in [5.41, 5.74) is 1.70. The molecular weight excluding hydrogens is 348 g/mol. The Morgan fingerprint density at radius 2 is 1.70 bits per heavy atom. The maximum absolute atomic E-state index is 12.7. The number of hydrogen-bond acceptors (Lipinski definition) is 6. The van der Waals surface area contributed by atoms with Gasteiger partial charge in [-0.25, -0.2) is 9.67 Å². The van der Waals surface area contributed by atoms with Crippen LogP contribution in [0.4, 0.5) is 5.69 Å². The van der Waals surface area contributed by atoms with E-state index in [4.69, 9.17) is 14.2 Å². The summed E-state index contributed by atoms with van der Waals surface area (Å²) < 4.78 is 17.7. The number of aromatic nitrogens is 3. The van der Waals surface area contributed by atoms with Crippen LogP contribution in [0.5, 0.6) is 17.2 Å². The second-order valence-corrected chi connectivity index (χ2v) is 6.19. The predicted molar refractivity (Wildman–Crippen MR) is 102 cm³/mol. The van der Waals surface area contributed by atoms with E-state index in [2.05, 4.69) is 15.4 Å². The van der Waals surface area contributed by atoms with Gasteiger partial charge in [0.25, 0.3) is 5.91 Å². The topological polar surface area (TPSA) is 87.5 Å². The monoisotopic (exact) mass is 370 g/mol. The van der Waals surface area contributed by atoms with E-state index in [1.54, 1.807) is 24.4 Å². The third-order valence-electron chi connectivity index (χ3n) is 4.11. The SMILES string of the molecule is COc1cc(NC(=O)c2cnc3c(cnn3C(C)C)c2)cc(OC)c1OC. The largest absolute Gasteiger partial charge is 0.493 e. The molecule has 1 aromatic carbocycles. The van der Waals surface area contributed by atoms with E-state index < -0.39 is 0 Å². The van der Waals surface area contributed by atoms with Gasteiger partial charge in [0.1, 0.15) is 0 Å². The number of nitrogens with one attached hydrogen (secondary N) is 1. The van der Waals surface area contributed by atoms with Crippen LogP contribution in [-0.2, 0) is 0 Å². The molecule has 0 radical (unpaired) electrons. The highest BCUT2D eigenvalue weighted by Gasteiger charge is 2.16. The Morgan fingerprint density at radius 1 is 1.04 bits per heavy atom. The number of amides is 1. The van der Waals surface area contributed by atoms with Crippen LogP contribution >= 0.6 is 0 Å². The minimum atomic E-state index is -0.295. The summed E-state index contributed by atoms with van der Waals surface area (Å²) in [6, 6.07) is 5.29. The lowest BCUT2D eigenvalue weighted by Gasteiger charge is -2.14. The minimum Gasteiger partial charge on any atom is -0.493 e. The van der Waals surface area contributed by atoms with Gasteiger partial charge in [-0.15, -0.1) is 0 Å². The van der Waals surface area contributed by atoms with Crippen LogP contribution in [0.15, 0.2) is 30.6 Å². The Kier molecular flexibility index (Phi) is 5.16. The number of nitrogens with zero attached hydrogens (tertiary/aromatic N) is 3. The van der Waals surface area contributed by atoms with Crippen LogP contribution in [0, 0.1) is 0 Å². The number of carbonyl (C=O) groups excluding carboxylic acids is 1. The molecule has 0 unspecified atom stereocenters. The maximum Gasteiger partial charge on any atom is 0.257 e. The molecule has 1 N–H and O–H groups in total. The average Bonchev–Trinajstić information content (AvgIpc) is 3.10. The Labute approximate surface area is 157 Å². The molecule has 3 rings (SSSR count). The molecule has 0 bridgehead atoms. The van der Waals surface area contributed by atoms with E-state index in [-0.39, 0.29) is 11.9 Å². The lowest BCUT2D eigenvalue weighted by molar-refractivity contribution is 0.102. The van der Waals surface area contributed by atoms with Crippen molar-refractivity contribution in [2.24, 2.45) is 0 Å². The van der Waals surface area contributed by atoms with Crippen molar-refractivity contribution in [2.45, 2.75) is 19.9 Å². The first-order chi connectivity index (χ1) is 13.0. The first-order valence-corrected chi connectivity index (χ1v) is 8.43. The molecule has 8 heteroatoms. The zero-order valence-corrected chi connectivity index (χ0v) is 15.9. The zero-order valence-electron chi connectivity index (χ0n) is 15.9. The standard InChI is InChI=1S/C19H22N4O4/c1-11(2)23-18-12(10-21-23)6-13(9-20-18)19(24)22-14-7-15(25-3)17(27-5)16(8-14)26-4/h6-11H,1-5H3,(H,22,24). The minimum absolute atomic E-state index is 0.189. The molecule has 3 aromatic rings. The van der Waals surface area contributed by atoms with Crippen LogP contribution in [0.3, 0.4) is 0 Å². The average molecular weight is 370 g/mol. The molecule has 2 aromatic heterocycles. The number of hydrogen-bond donors (Lipinski definition) is 1. The Bertz CT molecular complexity index is 956. The van der Waals surface area contributed by atoms with Gasteiger partial charge < -0.3 is 19.5 Å². The van der Waals surface area contributed by atoms with Crippen LogP contribution in [0.2, 0.25) is 0 Å².